The third-order valence-electron chi connectivity index (χ3n) is 0.379. The van der Waals surface area contributed by atoms with Crippen LogP contribution < -0.4 is 0 Å². The zero-order valence-electron chi connectivity index (χ0n) is 3.14. The van der Waals surface area contributed by atoms with Crippen LogP contribution in [0.4, 0.5) is 0 Å². The molecule has 0 saturated carbocycles. The maximum atomic E-state index is 2.90. The Hall–Kier alpha value is 0.499. The van der Waals surface area contributed by atoms with Crippen LogP contribution in [-0.2, 0) is 0 Å². The smallest absolute Gasteiger partial charge is 0.0442 e. The molecule has 0 aliphatic carbocycles. The standard InChI is InChI=1S/C4H3S.3CH4.Sn/c1-2-4-5-3-1;;;;/h1-3H;3*1H4;. The van der Waals surface area contributed by atoms with Crippen LogP contribution in [0.5, 0.6) is 0 Å². The van der Waals surface area contributed by atoms with E-state index in [2.05, 4.69) is 5.38 Å². The monoisotopic (exact) mass is 251 g/mol. The fourth-order valence-electron chi connectivity index (χ4n) is 0.196. The Morgan fingerprint density at radius 3 is 1.78 bits per heavy atom. The maximum absolute atomic E-state index is 2.90. The molecule has 0 N–H and O–H groups in total. The Kier molecular flexibility index (Phi) is 39.8. The number of hydrogen-bond acceptors (Lipinski definition) is 1. The molecule has 1 rings (SSSR count). The maximum Gasteiger partial charge on any atom is 0.0442 e. The molecule has 0 fully saturated rings. The van der Waals surface area contributed by atoms with E-state index in [1.54, 1.807) is 11.3 Å². The quantitative estimate of drug-likeness (QED) is 0.620. The average molecular weight is 250 g/mol. The van der Waals surface area contributed by atoms with Crippen LogP contribution in [-0.4, -0.2) is 23.9 Å². The molecule has 1 heterocycles. The Balaban J connectivity index is -0.0000000312. The summed E-state index contributed by atoms with van der Waals surface area (Å²) in [4.78, 5) is 0. The largest absolute Gasteiger partial charge is 0.143 e. The molecular weight excluding hydrogens is 235 g/mol. The summed E-state index contributed by atoms with van der Waals surface area (Å²) in [6.07, 6.45) is 0. The predicted octanol–water partition coefficient (Wildman–Crippen LogP) is 3.08. The molecule has 0 aliphatic heterocycles. The van der Waals surface area contributed by atoms with Gasteiger partial charge in [0.1, 0.15) is 0 Å². The molecule has 0 unspecified atom stereocenters. The van der Waals surface area contributed by atoms with Gasteiger partial charge < -0.3 is 0 Å². The van der Waals surface area contributed by atoms with E-state index in [0.29, 0.717) is 0 Å². The Labute approximate surface area is 80.3 Å². The van der Waals surface area contributed by atoms with E-state index in [9.17, 15) is 0 Å². The molecule has 0 bridgehead atoms. The molecule has 2 heteroatoms. The van der Waals surface area contributed by atoms with Gasteiger partial charge in [-0.2, -0.15) is 0 Å². The summed E-state index contributed by atoms with van der Waals surface area (Å²) in [5.74, 6) is 0. The van der Waals surface area contributed by atoms with E-state index in [1.165, 1.54) is 0 Å². The topological polar surface area (TPSA) is 0 Å². The first kappa shape index (κ1) is 22.7. The second-order valence-corrected chi connectivity index (χ2v) is 1.47. The number of thiophene rings is 1. The van der Waals surface area contributed by atoms with Crippen molar-refractivity contribution in [1.82, 2.24) is 0 Å². The molecular formula is C7H15SSn. The van der Waals surface area contributed by atoms with E-state index in [1.807, 2.05) is 17.5 Å². The first-order valence-corrected chi connectivity index (χ1v) is 2.27. The van der Waals surface area contributed by atoms with Crippen LogP contribution in [0.25, 0.3) is 0 Å². The second kappa shape index (κ2) is 15.8. The van der Waals surface area contributed by atoms with E-state index < -0.39 is 0 Å². The molecule has 0 spiro atoms. The fourth-order valence-corrected chi connectivity index (χ4v) is 0.589. The minimum absolute atomic E-state index is 0. The molecule has 0 aromatic carbocycles. The van der Waals surface area contributed by atoms with Gasteiger partial charge in [-0.3, -0.25) is 0 Å². The summed E-state index contributed by atoms with van der Waals surface area (Å²) in [5, 5.41) is 4.89. The normalized spacial score (nSPS) is 4.44. The van der Waals surface area contributed by atoms with E-state index in [4.69, 9.17) is 0 Å². The molecule has 0 saturated heterocycles. The van der Waals surface area contributed by atoms with E-state index in [0.717, 1.165) is 0 Å². The average Bonchev–Trinajstić information content (AvgIpc) is 1.76. The minimum Gasteiger partial charge on any atom is -0.143 e. The zero-order chi connectivity index (χ0) is 3.54. The van der Waals surface area contributed by atoms with Gasteiger partial charge in [-0.25, -0.2) is 0 Å². The SMILES string of the molecule is C.C.C.[Sn].[c]1cccs1. The Bertz CT molecular complexity index is 65.4. The van der Waals surface area contributed by atoms with Crippen LogP contribution in [0, 0.1) is 5.38 Å². The molecule has 0 amide bonds. The van der Waals surface area contributed by atoms with Crippen molar-refractivity contribution in [3.63, 3.8) is 0 Å². The van der Waals surface area contributed by atoms with Gasteiger partial charge in [-0.15, -0.1) is 11.3 Å². The third-order valence-corrected chi connectivity index (χ3v) is 0.944. The summed E-state index contributed by atoms with van der Waals surface area (Å²) < 4.78 is 0. The molecule has 53 valence electrons. The van der Waals surface area contributed by atoms with Crippen molar-refractivity contribution >= 4 is 35.2 Å². The van der Waals surface area contributed by atoms with Crippen molar-refractivity contribution in [1.29, 1.82) is 0 Å². The minimum atomic E-state index is 0. The Morgan fingerprint density at radius 2 is 1.67 bits per heavy atom. The summed E-state index contributed by atoms with van der Waals surface area (Å²) >= 11 is 1.59. The van der Waals surface area contributed by atoms with Crippen molar-refractivity contribution in [2.24, 2.45) is 0 Å². The molecule has 1 aromatic rings. The number of hydrogen-bond donors (Lipinski definition) is 0. The van der Waals surface area contributed by atoms with Crippen LogP contribution in [0.2, 0.25) is 0 Å². The molecule has 9 heavy (non-hydrogen) atoms. The van der Waals surface area contributed by atoms with Crippen LogP contribution in [0.3, 0.4) is 0 Å². The second-order valence-electron chi connectivity index (χ2n) is 0.731. The van der Waals surface area contributed by atoms with E-state index >= 15 is 0 Å². The van der Waals surface area contributed by atoms with Crippen molar-refractivity contribution < 1.29 is 0 Å². The molecule has 0 nitrogen and oxygen atoms in total. The first-order valence-electron chi connectivity index (χ1n) is 1.40. The molecule has 1 aromatic heterocycles. The molecule has 0 atom stereocenters. The van der Waals surface area contributed by atoms with Gasteiger partial charge in [0.15, 0.2) is 0 Å². The van der Waals surface area contributed by atoms with Crippen LogP contribution in [0.15, 0.2) is 17.5 Å². The summed E-state index contributed by atoms with van der Waals surface area (Å²) in [6.45, 7) is 0. The van der Waals surface area contributed by atoms with Crippen molar-refractivity contribution in [3.8, 4) is 0 Å². The first-order chi connectivity index (χ1) is 2.50. The molecule has 0 aliphatic rings. The van der Waals surface area contributed by atoms with Crippen molar-refractivity contribution in [2.45, 2.75) is 22.3 Å². The van der Waals surface area contributed by atoms with E-state index in [-0.39, 0.29) is 46.2 Å². The van der Waals surface area contributed by atoms with Gasteiger partial charge in [0.2, 0.25) is 0 Å². The summed E-state index contributed by atoms with van der Waals surface area (Å²) in [7, 11) is 0. The van der Waals surface area contributed by atoms with Crippen molar-refractivity contribution in [2.75, 3.05) is 0 Å². The zero-order valence-corrected chi connectivity index (χ0v) is 6.81. The van der Waals surface area contributed by atoms with Crippen LogP contribution in [0.1, 0.15) is 22.3 Å². The van der Waals surface area contributed by atoms with Gasteiger partial charge >= 0.3 is 0 Å². The number of rotatable bonds is 0. The summed E-state index contributed by atoms with van der Waals surface area (Å²) in [6, 6.07) is 3.86. The Morgan fingerprint density at radius 1 is 1.11 bits per heavy atom. The van der Waals surface area contributed by atoms with Gasteiger partial charge in [-0.1, -0.05) is 28.3 Å². The van der Waals surface area contributed by atoms with Gasteiger partial charge in [0.05, 0.1) is 0 Å². The molecule has 5 radical (unpaired) electrons. The van der Waals surface area contributed by atoms with Gasteiger partial charge in [0.25, 0.3) is 0 Å². The van der Waals surface area contributed by atoms with Crippen molar-refractivity contribution in [3.05, 3.63) is 22.9 Å². The van der Waals surface area contributed by atoms with Gasteiger partial charge in [-0.05, 0) is 11.4 Å². The fraction of sp³-hybridized carbons (Fsp3) is 0.429. The van der Waals surface area contributed by atoms with Gasteiger partial charge in [0, 0.05) is 29.3 Å². The predicted molar refractivity (Wildman–Crippen MR) is 49.1 cm³/mol. The summed E-state index contributed by atoms with van der Waals surface area (Å²) in [5.41, 5.74) is 0. The van der Waals surface area contributed by atoms with Crippen LogP contribution >= 0.6 is 11.3 Å². The third kappa shape index (κ3) is 11.9.